The predicted molar refractivity (Wildman–Crippen MR) is 108 cm³/mol. The number of carbonyl (C=O) groups is 2. The molecule has 3 aliphatic rings. The monoisotopic (exact) mass is 401 g/mol. The first kappa shape index (κ1) is 20.2. The number of carboxylic acids is 1. The van der Waals surface area contributed by atoms with Crippen molar-refractivity contribution in [3.63, 3.8) is 0 Å². The number of benzene rings is 1. The Bertz CT molecular complexity index is 760. The van der Waals surface area contributed by atoms with E-state index in [4.69, 9.17) is 14.6 Å². The van der Waals surface area contributed by atoms with Gasteiger partial charge in [-0.3, -0.25) is 10.1 Å². The van der Waals surface area contributed by atoms with Crippen molar-refractivity contribution < 1.29 is 24.2 Å². The quantitative estimate of drug-likeness (QED) is 0.488. The molecule has 0 radical (unpaired) electrons. The molecule has 2 fully saturated rings. The van der Waals surface area contributed by atoms with E-state index in [0.717, 1.165) is 44.3 Å². The zero-order chi connectivity index (χ0) is 20.4. The third kappa shape index (κ3) is 4.74. The van der Waals surface area contributed by atoms with E-state index in [1.165, 1.54) is 24.0 Å². The summed E-state index contributed by atoms with van der Waals surface area (Å²) in [4.78, 5) is 22.8. The molecular weight excluding hydrogens is 370 g/mol. The van der Waals surface area contributed by atoms with E-state index in [-0.39, 0.29) is 24.7 Å². The molecule has 0 aliphatic heterocycles. The molecule has 158 valence electrons. The Hall–Kier alpha value is -2.08. The molecule has 0 spiro atoms. The molecule has 0 amide bonds. The summed E-state index contributed by atoms with van der Waals surface area (Å²) in [6.45, 7) is -0.293. The maximum atomic E-state index is 12.0. The van der Waals surface area contributed by atoms with E-state index in [9.17, 15) is 9.59 Å². The van der Waals surface area contributed by atoms with Crippen LogP contribution in [0.4, 0.5) is 0 Å². The van der Waals surface area contributed by atoms with Crippen LogP contribution in [0.1, 0.15) is 49.7 Å². The number of hydrogen-bond acceptors (Lipinski definition) is 5. The highest BCUT2D eigenvalue weighted by molar-refractivity contribution is 5.75. The lowest BCUT2D eigenvalue weighted by atomic mass is 9.73. The minimum atomic E-state index is -0.946. The maximum Gasteiger partial charge on any atom is 0.341 e. The third-order valence-corrected chi connectivity index (χ3v) is 6.91. The third-order valence-electron chi connectivity index (χ3n) is 6.91. The Balaban J connectivity index is 1.36. The topological polar surface area (TPSA) is 84.9 Å². The van der Waals surface area contributed by atoms with Crippen molar-refractivity contribution in [2.45, 2.75) is 57.6 Å². The molecule has 1 aromatic carbocycles. The summed E-state index contributed by atoms with van der Waals surface area (Å²) in [5.74, 6) is 1.79. The molecule has 0 heterocycles. The van der Waals surface area contributed by atoms with Crippen LogP contribution in [-0.4, -0.2) is 36.9 Å². The van der Waals surface area contributed by atoms with E-state index in [1.807, 2.05) is 19.2 Å². The van der Waals surface area contributed by atoms with Gasteiger partial charge in [0.1, 0.15) is 5.75 Å². The lowest BCUT2D eigenvalue weighted by molar-refractivity contribution is -0.152. The number of fused-ring (bicyclic) bond motifs is 2. The van der Waals surface area contributed by atoms with Gasteiger partial charge in [-0.25, -0.2) is 4.79 Å². The lowest BCUT2D eigenvalue weighted by Crippen LogP contribution is -2.33. The fourth-order valence-corrected chi connectivity index (χ4v) is 5.19. The van der Waals surface area contributed by atoms with Crippen molar-refractivity contribution in [2.24, 2.45) is 23.7 Å². The minimum Gasteiger partial charge on any atom is -0.482 e. The zero-order valence-corrected chi connectivity index (χ0v) is 17.1. The molecule has 0 aromatic heterocycles. The van der Waals surface area contributed by atoms with Gasteiger partial charge < -0.3 is 14.6 Å². The number of carbonyl (C=O) groups excluding carboxylic acids is 1. The molecule has 6 heteroatoms. The van der Waals surface area contributed by atoms with Gasteiger partial charge in [-0.05, 0) is 93.4 Å². The predicted octanol–water partition coefficient (Wildman–Crippen LogP) is 3.17. The Labute approximate surface area is 172 Å². The van der Waals surface area contributed by atoms with E-state index >= 15 is 0 Å². The van der Waals surface area contributed by atoms with E-state index < -0.39 is 5.97 Å². The van der Waals surface area contributed by atoms with Crippen molar-refractivity contribution in [1.29, 1.82) is 0 Å². The first-order valence-corrected chi connectivity index (χ1v) is 10.9. The second-order valence-corrected chi connectivity index (χ2v) is 8.81. The van der Waals surface area contributed by atoms with Crippen LogP contribution in [0.15, 0.2) is 18.2 Å². The molecule has 29 heavy (non-hydrogen) atoms. The SMILES string of the molecule is CNC(CCC1CCC2Cc3c(cccc3OCC(=O)O)CC12)OC(=O)C1CC1. The molecule has 2 N–H and O–H groups in total. The van der Waals surface area contributed by atoms with Gasteiger partial charge in [0.05, 0.1) is 5.92 Å². The number of ether oxygens (including phenoxy) is 2. The van der Waals surface area contributed by atoms with Crippen LogP contribution in [0.5, 0.6) is 5.75 Å². The first-order valence-electron chi connectivity index (χ1n) is 10.9. The van der Waals surface area contributed by atoms with Crippen LogP contribution in [0.25, 0.3) is 0 Å². The van der Waals surface area contributed by atoms with Gasteiger partial charge in [-0.1, -0.05) is 12.1 Å². The minimum absolute atomic E-state index is 0.0471. The molecule has 6 nitrogen and oxygen atoms in total. The van der Waals surface area contributed by atoms with Gasteiger partial charge in [0.2, 0.25) is 0 Å². The van der Waals surface area contributed by atoms with Gasteiger partial charge in [0, 0.05) is 0 Å². The van der Waals surface area contributed by atoms with Crippen molar-refractivity contribution >= 4 is 11.9 Å². The Kier molecular flexibility index (Phi) is 6.09. The van der Waals surface area contributed by atoms with Crippen molar-refractivity contribution in [1.82, 2.24) is 5.32 Å². The normalized spacial score (nSPS) is 26.3. The molecule has 4 unspecified atom stereocenters. The smallest absolute Gasteiger partial charge is 0.341 e. The van der Waals surface area contributed by atoms with E-state index in [0.29, 0.717) is 17.8 Å². The molecule has 4 rings (SSSR count). The highest BCUT2D eigenvalue weighted by Crippen LogP contribution is 2.48. The van der Waals surface area contributed by atoms with Gasteiger partial charge in [-0.15, -0.1) is 0 Å². The molecule has 0 saturated heterocycles. The van der Waals surface area contributed by atoms with Crippen LogP contribution in [0, 0.1) is 23.7 Å². The summed E-state index contributed by atoms with van der Waals surface area (Å²) < 4.78 is 11.2. The average Bonchev–Trinajstić information content (AvgIpc) is 3.49. The van der Waals surface area contributed by atoms with Gasteiger partial charge >= 0.3 is 11.9 Å². The van der Waals surface area contributed by atoms with Crippen LogP contribution >= 0.6 is 0 Å². The van der Waals surface area contributed by atoms with Gasteiger partial charge in [0.25, 0.3) is 0 Å². The summed E-state index contributed by atoms with van der Waals surface area (Å²) in [6, 6.07) is 6.01. The second kappa shape index (κ2) is 8.74. The highest BCUT2D eigenvalue weighted by atomic mass is 16.6. The number of nitrogens with one attached hydrogen (secondary N) is 1. The highest BCUT2D eigenvalue weighted by Gasteiger charge is 2.40. The van der Waals surface area contributed by atoms with Gasteiger partial charge in [0.15, 0.2) is 12.8 Å². The summed E-state index contributed by atoms with van der Waals surface area (Å²) >= 11 is 0. The van der Waals surface area contributed by atoms with E-state index in [1.54, 1.807) is 0 Å². The molecule has 3 aliphatic carbocycles. The van der Waals surface area contributed by atoms with Gasteiger partial charge in [-0.2, -0.15) is 0 Å². The zero-order valence-electron chi connectivity index (χ0n) is 17.1. The Morgan fingerprint density at radius 3 is 2.76 bits per heavy atom. The first-order chi connectivity index (χ1) is 14.0. The largest absolute Gasteiger partial charge is 0.482 e. The van der Waals surface area contributed by atoms with E-state index in [2.05, 4.69) is 11.4 Å². The average molecular weight is 402 g/mol. The van der Waals surface area contributed by atoms with Crippen LogP contribution in [0.3, 0.4) is 0 Å². The lowest BCUT2D eigenvalue weighted by Gasteiger charge is -2.32. The fraction of sp³-hybridized carbons (Fsp3) is 0.652. The molecule has 2 saturated carbocycles. The van der Waals surface area contributed by atoms with Crippen LogP contribution < -0.4 is 10.1 Å². The van der Waals surface area contributed by atoms with Crippen molar-refractivity contribution in [3.05, 3.63) is 29.3 Å². The fourth-order valence-electron chi connectivity index (χ4n) is 5.19. The number of aliphatic carboxylic acids is 1. The van der Waals surface area contributed by atoms with Crippen LogP contribution in [0.2, 0.25) is 0 Å². The molecule has 1 aromatic rings. The second-order valence-electron chi connectivity index (χ2n) is 8.81. The standard InChI is InChI=1S/C23H31NO5/c1-24-21(29-23(27)15-6-7-15)10-9-14-5-8-17-12-19-16(11-18(14)17)3-2-4-20(19)28-13-22(25)26/h2-4,14-15,17-18,21,24H,5-13H2,1H3,(H,25,26). The van der Waals surface area contributed by atoms with Crippen molar-refractivity contribution in [2.75, 3.05) is 13.7 Å². The number of hydrogen-bond donors (Lipinski definition) is 2. The number of rotatable bonds is 9. The number of carboxylic acid groups (broad SMARTS) is 1. The summed E-state index contributed by atoms with van der Waals surface area (Å²) in [6.07, 6.45) is 8.09. The van der Waals surface area contributed by atoms with Crippen LogP contribution in [-0.2, 0) is 27.2 Å². The molecular formula is C23H31NO5. The maximum absolute atomic E-state index is 12.0. The Morgan fingerprint density at radius 2 is 2.03 bits per heavy atom. The summed E-state index contributed by atoms with van der Waals surface area (Å²) in [5.41, 5.74) is 2.49. The number of esters is 1. The summed E-state index contributed by atoms with van der Waals surface area (Å²) in [7, 11) is 1.86. The van der Waals surface area contributed by atoms with Crippen molar-refractivity contribution in [3.8, 4) is 5.75 Å². The molecule has 4 atom stereocenters. The molecule has 0 bridgehead atoms. The Morgan fingerprint density at radius 1 is 1.21 bits per heavy atom. The summed E-state index contributed by atoms with van der Waals surface area (Å²) in [5, 5.41) is 12.1.